The summed E-state index contributed by atoms with van der Waals surface area (Å²) in [6.45, 7) is 6.52. The summed E-state index contributed by atoms with van der Waals surface area (Å²) in [5.74, 6) is 1.23. The third-order valence-electron chi connectivity index (χ3n) is 4.16. The predicted octanol–water partition coefficient (Wildman–Crippen LogP) is 1.65. The molecule has 1 aromatic heterocycles. The van der Waals surface area contributed by atoms with E-state index in [4.69, 9.17) is 10.5 Å². The van der Waals surface area contributed by atoms with E-state index in [-0.39, 0.29) is 0 Å². The molecule has 1 fully saturated rings. The lowest BCUT2D eigenvalue weighted by atomic mass is 9.87. The van der Waals surface area contributed by atoms with Crippen molar-refractivity contribution in [2.75, 3.05) is 13.7 Å². The third-order valence-corrected chi connectivity index (χ3v) is 4.16. The maximum absolute atomic E-state index is 6.11. The minimum absolute atomic E-state index is 0.336. The second-order valence-electron chi connectivity index (χ2n) is 5.23. The van der Waals surface area contributed by atoms with Crippen molar-refractivity contribution in [3.05, 3.63) is 23.9 Å². The summed E-state index contributed by atoms with van der Waals surface area (Å²) in [6.07, 6.45) is 2.88. The first-order chi connectivity index (χ1) is 8.61. The van der Waals surface area contributed by atoms with Crippen LogP contribution in [0.1, 0.15) is 25.8 Å². The van der Waals surface area contributed by atoms with Gasteiger partial charge in [0.05, 0.1) is 7.11 Å². The van der Waals surface area contributed by atoms with Crippen molar-refractivity contribution in [3.63, 3.8) is 0 Å². The van der Waals surface area contributed by atoms with E-state index in [1.54, 1.807) is 13.3 Å². The number of nitrogens with two attached hydrogens (primary N) is 1. The molecule has 1 saturated heterocycles. The molecule has 0 aromatic carbocycles. The molecule has 3 atom stereocenters. The number of aromatic nitrogens is 1. The molecule has 0 amide bonds. The Bertz CT molecular complexity index is 396. The first kappa shape index (κ1) is 13.3. The Balaban J connectivity index is 2.04. The van der Waals surface area contributed by atoms with E-state index < -0.39 is 0 Å². The molecule has 4 nitrogen and oxygen atoms in total. The van der Waals surface area contributed by atoms with E-state index in [0.717, 1.165) is 19.5 Å². The summed E-state index contributed by atoms with van der Waals surface area (Å²) in [4.78, 5) is 6.63. The quantitative estimate of drug-likeness (QED) is 0.885. The number of piperidine rings is 1. The number of ether oxygens (including phenoxy) is 1. The largest absolute Gasteiger partial charge is 0.481 e. The number of pyridine rings is 1. The van der Waals surface area contributed by atoms with Gasteiger partial charge in [-0.3, -0.25) is 4.90 Å². The molecular formula is C14H23N3O. The Hall–Kier alpha value is -1.13. The summed E-state index contributed by atoms with van der Waals surface area (Å²) < 4.78 is 5.16. The van der Waals surface area contributed by atoms with E-state index in [9.17, 15) is 0 Å². The van der Waals surface area contributed by atoms with Gasteiger partial charge in [0.25, 0.3) is 0 Å². The van der Waals surface area contributed by atoms with Gasteiger partial charge in [-0.15, -0.1) is 0 Å². The van der Waals surface area contributed by atoms with E-state index in [0.29, 0.717) is 23.9 Å². The highest BCUT2D eigenvalue weighted by molar-refractivity contribution is 5.20. The topological polar surface area (TPSA) is 51.4 Å². The van der Waals surface area contributed by atoms with Crippen molar-refractivity contribution >= 4 is 0 Å². The van der Waals surface area contributed by atoms with Crippen LogP contribution in [-0.2, 0) is 6.54 Å². The number of rotatable bonds is 3. The van der Waals surface area contributed by atoms with Crippen LogP contribution in [0, 0.1) is 5.92 Å². The van der Waals surface area contributed by atoms with Crippen LogP contribution >= 0.6 is 0 Å². The van der Waals surface area contributed by atoms with E-state index in [1.165, 1.54) is 5.56 Å². The van der Waals surface area contributed by atoms with Crippen molar-refractivity contribution in [3.8, 4) is 5.88 Å². The second kappa shape index (κ2) is 5.67. The Kier molecular flexibility index (Phi) is 4.19. The lowest BCUT2D eigenvalue weighted by molar-refractivity contribution is 0.0909. The first-order valence-electron chi connectivity index (χ1n) is 6.60. The normalized spacial score (nSPS) is 29.2. The molecule has 0 spiro atoms. The highest BCUT2D eigenvalue weighted by Crippen LogP contribution is 2.24. The first-order valence-corrected chi connectivity index (χ1v) is 6.60. The average molecular weight is 249 g/mol. The molecule has 0 saturated carbocycles. The summed E-state index contributed by atoms with van der Waals surface area (Å²) in [5.41, 5.74) is 7.36. The molecule has 100 valence electrons. The number of likely N-dealkylation sites (tertiary alicyclic amines) is 1. The van der Waals surface area contributed by atoms with Crippen LogP contribution in [0.5, 0.6) is 5.88 Å². The highest BCUT2D eigenvalue weighted by atomic mass is 16.5. The molecule has 3 unspecified atom stereocenters. The fourth-order valence-corrected chi connectivity index (χ4v) is 2.59. The molecule has 0 bridgehead atoms. The Morgan fingerprint density at radius 2 is 2.28 bits per heavy atom. The van der Waals surface area contributed by atoms with Gasteiger partial charge in [-0.25, -0.2) is 4.98 Å². The molecular weight excluding hydrogens is 226 g/mol. The van der Waals surface area contributed by atoms with Crippen molar-refractivity contribution in [2.24, 2.45) is 11.7 Å². The highest BCUT2D eigenvalue weighted by Gasteiger charge is 2.29. The zero-order valence-electron chi connectivity index (χ0n) is 11.5. The number of hydrogen-bond acceptors (Lipinski definition) is 4. The van der Waals surface area contributed by atoms with Gasteiger partial charge in [-0.2, -0.15) is 0 Å². The van der Waals surface area contributed by atoms with Crippen molar-refractivity contribution in [1.82, 2.24) is 9.88 Å². The van der Waals surface area contributed by atoms with Crippen molar-refractivity contribution in [2.45, 2.75) is 38.9 Å². The molecule has 18 heavy (non-hydrogen) atoms. The minimum atomic E-state index is 0.336. The molecule has 1 aliphatic heterocycles. The maximum Gasteiger partial charge on any atom is 0.213 e. The summed E-state index contributed by atoms with van der Waals surface area (Å²) in [7, 11) is 1.65. The molecule has 0 aliphatic carbocycles. The average Bonchev–Trinajstić information content (AvgIpc) is 2.40. The second-order valence-corrected chi connectivity index (χ2v) is 5.23. The fourth-order valence-electron chi connectivity index (χ4n) is 2.59. The lowest BCUT2D eigenvalue weighted by Crippen LogP contribution is -2.51. The summed E-state index contributed by atoms with van der Waals surface area (Å²) in [6, 6.07) is 4.91. The summed E-state index contributed by atoms with van der Waals surface area (Å²) >= 11 is 0. The van der Waals surface area contributed by atoms with Gasteiger partial charge in [0.1, 0.15) is 0 Å². The Morgan fingerprint density at radius 3 is 3.00 bits per heavy atom. The van der Waals surface area contributed by atoms with Crippen molar-refractivity contribution in [1.29, 1.82) is 0 Å². The van der Waals surface area contributed by atoms with Crippen molar-refractivity contribution < 1.29 is 4.74 Å². The molecule has 1 aromatic rings. The molecule has 2 heterocycles. The Morgan fingerprint density at radius 1 is 1.50 bits per heavy atom. The van der Waals surface area contributed by atoms with Gasteiger partial charge in [0, 0.05) is 37.4 Å². The zero-order valence-corrected chi connectivity index (χ0v) is 11.5. The van der Waals surface area contributed by atoms with Crippen LogP contribution in [0.15, 0.2) is 18.3 Å². The maximum atomic E-state index is 6.11. The molecule has 4 heteroatoms. The lowest BCUT2D eigenvalue weighted by Gasteiger charge is -2.41. The van der Waals surface area contributed by atoms with Gasteiger partial charge >= 0.3 is 0 Å². The van der Waals surface area contributed by atoms with Crippen LogP contribution in [0.4, 0.5) is 0 Å². The standard InChI is InChI=1S/C14H23N3O/c1-10-11(2)17(7-5-13(10)15)9-12-4-6-16-14(8-12)18-3/h4,6,8,10-11,13H,5,7,9,15H2,1-3H3. The fraction of sp³-hybridized carbons (Fsp3) is 0.643. The van der Waals surface area contributed by atoms with Gasteiger partial charge in [-0.05, 0) is 30.9 Å². The Labute approximate surface area is 109 Å². The molecule has 0 radical (unpaired) electrons. The van der Waals surface area contributed by atoms with Crippen LogP contribution in [0.3, 0.4) is 0 Å². The smallest absolute Gasteiger partial charge is 0.213 e. The number of methoxy groups -OCH3 is 1. The third kappa shape index (κ3) is 2.82. The van der Waals surface area contributed by atoms with E-state index in [1.807, 2.05) is 6.07 Å². The van der Waals surface area contributed by atoms with Gasteiger partial charge in [0.2, 0.25) is 5.88 Å². The zero-order chi connectivity index (χ0) is 13.1. The van der Waals surface area contributed by atoms with E-state index >= 15 is 0 Å². The van der Waals surface area contributed by atoms with Gasteiger partial charge in [0.15, 0.2) is 0 Å². The van der Waals surface area contributed by atoms with Crippen LogP contribution < -0.4 is 10.5 Å². The van der Waals surface area contributed by atoms with Crippen LogP contribution in [0.2, 0.25) is 0 Å². The number of hydrogen-bond donors (Lipinski definition) is 1. The van der Waals surface area contributed by atoms with Gasteiger partial charge < -0.3 is 10.5 Å². The van der Waals surface area contributed by atoms with E-state index in [2.05, 4.69) is 29.8 Å². The monoisotopic (exact) mass is 249 g/mol. The SMILES string of the molecule is COc1cc(CN2CCC(N)C(C)C2C)ccn1. The molecule has 2 rings (SSSR count). The summed E-state index contributed by atoms with van der Waals surface area (Å²) in [5, 5.41) is 0. The molecule has 1 aliphatic rings. The molecule has 2 N–H and O–H groups in total. The number of nitrogens with zero attached hydrogens (tertiary/aromatic N) is 2. The minimum Gasteiger partial charge on any atom is -0.481 e. The van der Waals surface area contributed by atoms with Crippen LogP contribution in [0.25, 0.3) is 0 Å². The van der Waals surface area contributed by atoms with Crippen LogP contribution in [-0.4, -0.2) is 35.6 Å². The predicted molar refractivity (Wildman–Crippen MR) is 72.4 cm³/mol. The van der Waals surface area contributed by atoms with Gasteiger partial charge in [-0.1, -0.05) is 6.92 Å².